The molecule has 33 heavy (non-hydrogen) atoms. The predicted molar refractivity (Wildman–Crippen MR) is 129 cm³/mol. The van der Waals surface area contributed by atoms with Crippen LogP contribution in [0.5, 0.6) is 0 Å². The Bertz CT molecular complexity index is 879. The zero-order chi connectivity index (χ0) is 23.6. The van der Waals surface area contributed by atoms with E-state index in [2.05, 4.69) is 17.1 Å². The number of nitrogens with zero attached hydrogens (tertiary/aromatic N) is 3. The number of aliphatic hydroxyl groups is 1. The molecule has 9 heteroatoms. The highest BCUT2D eigenvalue weighted by Crippen LogP contribution is 2.53. The molecule has 2 saturated heterocycles. The minimum atomic E-state index is -0.211. The first-order valence-electron chi connectivity index (χ1n) is 11.9. The lowest BCUT2D eigenvalue weighted by atomic mass is 9.90. The number of aliphatic hydroxyl groups excluding tert-OH is 1. The molecule has 2 aliphatic heterocycles. The van der Waals surface area contributed by atoms with E-state index in [1.54, 1.807) is 17.0 Å². The number of hydrogen-bond donors (Lipinski definition) is 2. The largest absolute Gasteiger partial charge is 0.391 e. The maximum Gasteiger partial charge on any atom is 0.317 e. The van der Waals surface area contributed by atoms with E-state index in [4.69, 9.17) is 23.2 Å². The van der Waals surface area contributed by atoms with Gasteiger partial charge in [0.1, 0.15) is 0 Å². The summed E-state index contributed by atoms with van der Waals surface area (Å²) in [5.74, 6) is 0.0953. The second-order valence-electron chi connectivity index (χ2n) is 9.80. The topological polar surface area (TPSA) is 76.1 Å². The first kappa shape index (κ1) is 24.6. The van der Waals surface area contributed by atoms with E-state index < -0.39 is 0 Å². The first-order chi connectivity index (χ1) is 15.8. The predicted octanol–water partition coefficient (Wildman–Crippen LogP) is 3.36. The van der Waals surface area contributed by atoms with E-state index in [1.165, 1.54) is 0 Å². The van der Waals surface area contributed by atoms with Crippen molar-refractivity contribution >= 4 is 35.1 Å². The molecule has 4 rings (SSSR count). The second-order valence-corrected chi connectivity index (χ2v) is 10.6. The summed E-state index contributed by atoms with van der Waals surface area (Å²) in [5, 5.41) is 14.3. The minimum absolute atomic E-state index is 0.0953. The highest BCUT2D eigenvalue weighted by molar-refractivity contribution is 6.42. The van der Waals surface area contributed by atoms with Gasteiger partial charge in [0.25, 0.3) is 0 Å². The fraction of sp³-hybridized carbons (Fsp3) is 0.667. The molecule has 0 unspecified atom stereocenters. The van der Waals surface area contributed by atoms with Gasteiger partial charge in [-0.3, -0.25) is 4.79 Å². The van der Waals surface area contributed by atoms with Crippen LogP contribution in [0.2, 0.25) is 10.0 Å². The monoisotopic (exact) mass is 496 g/mol. The molecule has 3 amide bonds. The fourth-order valence-electron chi connectivity index (χ4n) is 5.00. The molecule has 0 bridgehead atoms. The molecular weight excluding hydrogens is 463 g/mol. The third-order valence-electron chi connectivity index (χ3n) is 7.59. The quantitative estimate of drug-likeness (QED) is 0.632. The molecule has 0 radical (unpaired) electrons. The summed E-state index contributed by atoms with van der Waals surface area (Å²) in [6.07, 6.45) is 4.40. The molecule has 2 heterocycles. The Morgan fingerprint density at radius 1 is 1.18 bits per heavy atom. The molecule has 1 spiro atoms. The highest BCUT2D eigenvalue weighted by atomic mass is 35.5. The van der Waals surface area contributed by atoms with Crippen LogP contribution in [0.1, 0.15) is 44.6 Å². The number of likely N-dealkylation sites (tertiary alicyclic amines) is 1. The third-order valence-corrected chi connectivity index (χ3v) is 8.33. The molecule has 2 atom stereocenters. The molecule has 1 aliphatic carbocycles. The van der Waals surface area contributed by atoms with Crippen LogP contribution in [0, 0.1) is 5.41 Å². The van der Waals surface area contributed by atoms with E-state index in [0.29, 0.717) is 42.6 Å². The number of nitrogens with one attached hydrogen (secondary N) is 1. The first-order valence-corrected chi connectivity index (χ1v) is 12.7. The Morgan fingerprint density at radius 3 is 2.67 bits per heavy atom. The van der Waals surface area contributed by atoms with Crippen molar-refractivity contribution in [3.63, 3.8) is 0 Å². The van der Waals surface area contributed by atoms with Gasteiger partial charge in [0.2, 0.25) is 5.91 Å². The van der Waals surface area contributed by atoms with Crippen molar-refractivity contribution in [2.75, 3.05) is 39.3 Å². The lowest BCUT2D eigenvalue weighted by molar-refractivity contribution is -0.132. The fourth-order valence-corrected chi connectivity index (χ4v) is 5.32. The van der Waals surface area contributed by atoms with Gasteiger partial charge < -0.3 is 25.1 Å². The van der Waals surface area contributed by atoms with Crippen molar-refractivity contribution in [2.45, 2.75) is 57.7 Å². The number of halogens is 2. The smallest absolute Gasteiger partial charge is 0.317 e. The lowest BCUT2D eigenvalue weighted by Crippen LogP contribution is -2.47. The Morgan fingerprint density at radius 2 is 1.97 bits per heavy atom. The molecule has 1 aromatic rings. The Balaban J connectivity index is 1.22. The summed E-state index contributed by atoms with van der Waals surface area (Å²) in [7, 11) is 0. The van der Waals surface area contributed by atoms with Gasteiger partial charge in [-0.2, -0.15) is 0 Å². The molecule has 1 aromatic carbocycles. The molecular formula is C24H34Cl2N4O3. The summed E-state index contributed by atoms with van der Waals surface area (Å²) < 4.78 is 0. The van der Waals surface area contributed by atoms with Crippen molar-refractivity contribution in [3.05, 3.63) is 33.8 Å². The van der Waals surface area contributed by atoms with Crippen LogP contribution in [-0.4, -0.2) is 83.2 Å². The van der Waals surface area contributed by atoms with Crippen LogP contribution in [0.25, 0.3) is 0 Å². The number of carbonyl (C=O) groups excluding carboxylic acids is 2. The highest BCUT2D eigenvalue weighted by Gasteiger charge is 2.51. The molecule has 1 saturated carbocycles. The van der Waals surface area contributed by atoms with Gasteiger partial charge in [-0.15, -0.1) is 0 Å². The van der Waals surface area contributed by atoms with E-state index in [1.807, 2.05) is 11.0 Å². The Hall–Kier alpha value is -1.54. The van der Waals surface area contributed by atoms with Crippen molar-refractivity contribution in [1.82, 2.24) is 20.0 Å². The molecule has 7 nitrogen and oxygen atoms in total. The third kappa shape index (κ3) is 5.94. The van der Waals surface area contributed by atoms with Crippen molar-refractivity contribution in [1.29, 1.82) is 0 Å². The van der Waals surface area contributed by atoms with E-state index >= 15 is 0 Å². The average molecular weight is 497 g/mol. The summed E-state index contributed by atoms with van der Waals surface area (Å²) >= 11 is 12.0. The number of β-amino-alcohol motifs (C(OH)–C–C–N with tert-alkyl or cyclic N) is 1. The van der Waals surface area contributed by atoms with E-state index in [9.17, 15) is 14.7 Å². The molecule has 2 N–H and O–H groups in total. The molecule has 3 fully saturated rings. The van der Waals surface area contributed by atoms with Gasteiger partial charge in [-0.05, 0) is 62.3 Å². The number of urea groups is 1. The summed E-state index contributed by atoms with van der Waals surface area (Å²) in [4.78, 5) is 31.4. The van der Waals surface area contributed by atoms with Crippen LogP contribution in [-0.2, 0) is 11.3 Å². The second kappa shape index (κ2) is 10.4. The van der Waals surface area contributed by atoms with Crippen LogP contribution >= 0.6 is 23.2 Å². The Kier molecular flexibility index (Phi) is 7.73. The Labute approximate surface area is 206 Å². The standard InChI is InChI=1S/C24H34Cl2N4O3/c1-17(4-9-28-11-8-24(6-7-24)21(31)16-28)30-13-12-29(10-5-22(30)32)23(33)27-15-18-2-3-19(25)20(26)14-18/h2-3,14,17,21,31H,4-13,15-16H2,1H3,(H,27,33)/t17-,21+/m0/s1. The van der Waals surface area contributed by atoms with Gasteiger partial charge in [0.05, 0.1) is 16.1 Å². The molecule has 0 aromatic heterocycles. The summed E-state index contributed by atoms with van der Waals surface area (Å²) in [6.45, 7) is 6.55. The van der Waals surface area contributed by atoms with Crippen LogP contribution < -0.4 is 5.32 Å². The number of amides is 3. The van der Waals surface area contributed by atoms with Gasteiger partial charge in [-0.25, -0.2) is 4.79 Å². The number of piperidine rings is 1. The number of rotatable bonds is 6. The number of benzene rings is 1. The van der Waals surface area contributed by atoms with Gasteiger partial charge >= 0.3 is 6.03 Å². The SMILES string of the molecule is C[C@@H](CCN1CCC2(CC2)[C@H](O)C1)N1CCN(C(=O)NCc2ccc(Cl)c(Cl)c2)CCC1=O. The number of hydrogen-bond acceptors (Lipinski definition) is 4. The van der Waals surface area contributed by atoms with E-state index in [-0.39, 0.29) is 29.5 Å². The van der Waals surface area contributed by atoms with Crippen molar-refractivity contribution in [2.24, 2.45) is 5.41 Å². The van der Waals surface area contributed by atoms with Gasteiger partial charge in [0, 0.05) is 51.7 Å². The van der Waals surface area contributed by atoms with Gasteiger partial charge in [-0.1, -0.05) is 29.3 Å². The number of carbonyl (C=O) groups is 2. The maximum absolute atomic E-state index is 12.8. The van der Waals surface area contributed by atoms with Crippen LogP contribution in [0.3, 0.4) is 0 Å². The maximum atomic E-state index is 12.8. The van der Waals surface area contributed by atoms with E-state index in [0.717, 1.165) is 50.9 Å². The lowest BCUT2D eigenvalue weighted by Gasteiger charge is -2.37. The molecule has 182 valence electrons. The van der Waals surface area contributed by atoms with Crippen molar-refractivity contribution in [3.8, 4) is 0 Å². The van der Waals surface area contributed by atoms with Crippen LogP contribution in [0.15, 0.2) is 18.2 Å². The van der Waals surface area contributed by atoms with Gasteiger partial charge in [0.15, 0.2) is 0 Å². The molecule has 3 aliphatic rings. The average Bonchev–Trinajstić information content (AvgIpc) is 3.60. The summed E-state index contributed by atoms with van der Waals surface area (Å²) in [5.41, 5.74) is 1.08. The van der Waals surface area contributed by atoms with Crippen LogP contribution in [0.4, 0.5) is 4.79 Å². The normalized spacial score (nSPS) is 24.0. The summed E-state index contributed by atoms with van der Waals surface area (Å²) in [6, 6.07) is 5.20. The zero-order valence-electron chi connectivity index (χ0n) is 19.2. The van der Waals surface area contributed by atoms with Crippen molar-refractivity contribution < 1.29 is 14.7 Å². The zero-order valence-corrected chi connectivity index (χ0v) is 20.7. The minimum Gasteiger partial charge on any atom is -0.391 e.